The first-order valence-electron chi connectivity index (χ1n) is 11.4. The van der Waals surface area contributed by atoms with Crippen LogP contribution in [-0.4, -0.2) is 48.8 Å². The van der Waals surface area contributed by atoms with E-state index in [-0.39, 0.29) is 30.5 Å². The number of allylic oxidation sites excluding steroid dienone is 2. The number of aryl methyl sites for hydroxylation is 2. The summed E-state index contributed by atoms with van der Waals surface area (Å²) in [4.78, 5) is 21.1. The second-order valence-electron chi connectivity index (χ2n) is 9.09. The van der Waals surface area contributed by atoms with E-state index in [9.17, 15) is 17.7 Å². The fraction of sp³-hybridized carbons (Fsp3) is 0.360. The van der Waals surface area contributed by atoms with E-state index in [0.717, 1.165) is 17.5 Å². The summed E-state index contributed by atoms with van der Waals surface area (Å²) in [6, 6.07) is 12.4. The molecule has 0 unspecified atom stereocenters. The van der Waals surface area contributed by atoms with Crippen molar-refractivity contribution < 1.29 is 22.7 Å². The largest absolute Gasteiger partial charge is 0.308 e. The van der Waals surface area contributed by atoms with Crippen LogP contribution < -0.4 is 10.3 Å². The monoisotopic (exact) mass is 483 g/mol. The van der Waals surface area contributed by atoms with E-state index in [0.29, 0.717) is 30.7 Å². The van der Waals surface area contributed by atoms with Crippen molar-refractivity contribution in [3.05, 3.63) is 70.8 Å². The Hall–Kier alpha value is -3.04. The van der Waals surface area contributed by atoms with E-state index < -0.39 is 15.6 Å². The fourth-order valence-electron chi connectivity index (χ4n) is 4.65. The molecule has 9 heteroatoms. The first kappa shape index (κ1) is 22.7. The Labute approximate surface area is 198 Å². The van der Waals surface area contributed by atoms with Crippen molar-refractivity contribution in [3.8, 4) is 5.75 Å². The number of halogens is 1. The maximum Gasteiger partial charge on any atom is 0.253 e. The minimum Gasteiger partial charge on any atom is -0.308 e. The number of carbonyl (C=O) groups excluding carboxylic acids is 1. The van der Waals surface area contributed by atoms with Crippen molar-refractivity contribution in [1.29, 1.82) is 0 Å². The molecule has 0 aromatic heterocycles. The van der Waals surface area contributed by atoms with Gasteiger partial charge in [0.25, 0.3) is 5.91 Å². The van der Waals surface area contributed by atoms with Gasteiger partial charge < -0.3 is 5.32 Å². The highest BCUT2D eigenvalue weighted by Gasteiger charge is 2.47. The number of nitrogens with one attached hydrogen (secondary N) is 1. The first-order valence-corrected chi connectivity index (χ1v) is 13.0. The van der Waals surface area contributed by atoms with Crippen LogP contribution in [0, 0.1) is 6.92 Å². The molecule has 1 spiro atoms. The lowest BCUT2D eigenvalue weighted by Gasteiger charge is -2.34. The third-order valence-corrected chi connectivity index (χ3v) is 8.74. The minimum atomic E-state index is -3.47. The van der Waals surface area contributed by atoms with Crippen molar-refractivity contribution in [2.24, 2.45) is 4.99 Å². The summed E-state index contributed by atoms with van der Waals surface area (Å²) in [5.41, 5.74) is 4.22. The molecule has 2 aromatic carbocycles. The van der Waals surface area contributed by atoms with Crippen LogP contribution in [0.1, 0.15) is 41.5 Å². The molecule has 0 bridgehead atoms. The van der Waals surface area contributed by atoms with Crippen LogP contribution in [-0.2, 0) is 21.2 Å². The zero-order valence-corrected chi connectivity index (χ0v) is 19.7. The summed E-state index contributed by atoms with van der Waals surface area (Å²) in [5.74, 6) is 0.138. The number of rotatable bonds is 7. The van der Waals surface area contributed by atoms with Gasteiger partial charge in [0.05, 0.1) is 5.75 Å². The third kappa shape index (κ3) is 4.37. The standard InChI is InChI=1S/C25H26FN3O4S/c1-17-15-20(19-6-7-19)8-5-18(17)9-14-34(31,32)29-12-10-25(11-13-29)24(30)27-23(28-25)21-3-2-4-22(16-21)33-26/h2-6,8,15-16H,7,9-14H2,1H3,(H,27,28,30). The van der Waals surface area contributed by atoms with Crippen molar-refractivity contribution >= 4 is 27.3 Å². The molecule has 1 aliphatic carbocycles. The van der Waals surface area contributed by atoms with Crippen molar-refractivity contribution in [1.82, 2.24) is 9.62 Å². The van der Waals surface area contributed by atoms with Crippen molar-refractivity contribution in [2.75, 3.05) is 18.8 Å². The summed E-state index contributed by atoms with van der Waals surface area (Å²) in [5, 5.41) is 2.77. The number of sulfonamides is 1. The highest BCUT2D eigenvalue weighted by molar-refractivity contribution is 7.89. The maximum absolute atomic E-state index is 13.0. The van der Waals surface area contributed by atoms with E-state index in [2.05, 4.69) is 33.5 Å². The van der Waals surface area contributed by atoms with Crippen LogP contribution in [0.3, 0.4) is 0 Å². The van der Waals surface area contributed by atoms with Gasteiger partial charge in [0.2, 0.25) is 10.0 Å². The Morgan fingerprint density at radius 1 is 1.15 bits per heavy atom. The smallest absolute Gasteiger partial charge is 0.253 e. The van der Waals surface area contributed by atoms with Crippen molar-refractivity contribution in [2.45, 2.75) is 38.1 Å². The molecule has 34 heavy (non-hydrogen) atoms. The van der Waals surface area contributed by atoms with E-state index in [1.54, 1.807) is 12.1 Å². The van der Waals surface area contributed by atoms with E-state index in [4.69, 9.17) is 0 Å². The lowest BCUT2D eigenvalue weighted by atomic mass is 9.89. The van der Waals surface area contributed by atoms with Crippen LogP contribution in [0.5, 0.6) is 5.75 Å². The molecule has 178 valence electrons. The average molecular weight is 484 g/mol. The number of benzene rings is 2. The second-order valence-corrected chi connectivity index (χ2v) is 11.2. The van der Waals surface area contributed by atoms with Gasteiger partial charge >= 0.3 is 0 Å². The van der Waals surface area contributed by atoms with Crippen LogP contribution in [0.25, 0.3) is 5.57 Å². The summed E-state index contributed by atoms with van der Waals surface area (Å²) in [6.45, 7) is 2.47. The summed E-state index contributed by atoms with van der Waals surface area (Å²) >= 11 is 0. The molecule has 0 atom stereocenters. The molecular formula is C25H26FN3O4S. The third-order valence-electron chi connectivity index (χ3n) is 6.87. The van der Waals surface area contributed by atoms with Gasteiger partial charge in [-0.15, -0.1) is 0 Å². The van der Waals surface area contributed by atoms with E-state index in [1.807, 2.05) is 13.0 Å². The number of amidine groups is 1. The number of hydrogen-bond donors (Lipinski definition) is 1. The number of nitrogens with zero attached hydrogens (tertiary/aromatic N) is 2. The molecule has 2 heterocycles. The Kier molecular flexibility index (Phi) is 5.77. The first-order chi connectivity index (χ1) is 16.3. The quantitative estimate of drug-likeness (QED) is 0.654. The highest BCUT2D eigenvalue weighted by Crippen LogP contribution is 2.33. The van der Waals surface area contributed by atoms with Gasteiger partial charge in [-0.05, 0) is 67.0 Å². The number of aliphatic imine (C=N–C) groups is 1. The molecule has 2 aliphatic heterocycles. The zero-order chi connectivity index (χ0) is 23.9. The van der Waals surface area contributed by atoms with Crippen LogP contribution in [0.2, 0.25) is 0 Å². The lowest BCUT2D eigenvalue weighted by Crippen LogP contribution is -2.50. The van der Waals surface area contributed by atoms with E-state index in [1.165, 1.54) is 27.6 Å². The predicted octanol–water partition coefficient (Wildman–Crippen LogP) is 3.33. The van der Waals surface area contributed by atoms with Crippen molar-refractivity contribution in [3.63, 3.8) is 0 Å². The number of piperidine rings is 1. The molecule has 1 N–H and O–H groups in total. The van der Waals surface area contributed by atoms with Gasteiger partial charge in [-0.3, -0.25) is 14.7 Å². The minimum absolute atomic E-state index is 0.0193. The molecule has 3 aliphatic rings. The molecule has 1 amide bonds. The fourth-order valence-corrected chi connectivity index (χ4v) is 6.12. The Morgan fingerprint density at radius 3 is 2.59 bits per heavy atom. The molecular weight excluding hydrogens is 457 g/mol. The van der Waals surface area contributed by atoms with Gasteiger partial charge in [0, 0.05) is 23.2 Å². The van der Waals surface area contributed by atoms with Gasteiger partial charge in [0.15, 0.2) is 5.75 Å². The van der Waals surface area contributed by atoms with Crippen LogP contribution >= 0.6 is 0 Å². The average Bonchev–Trinajstić information content (AvgIpc) is 3.64. The molecule has 0 radical (unpaired) electrons. The van der Waals surface area contributed by atoms with Gasteiger partial charge in [0.1, 0.15) is 11.4 Å². The summed E-state index contributed by atoms with van der Waals surface area (Å²) in [7, 11) is -3.47. The highest BCUT2D eigenvalue weighted by atomic mass is 32.2. The normalized spacial score (nSPS) is 19.5. The number of carbonyl (C=O) groups is 1. The lowest BCUT2D eigenvalue weighted by molar-refractivity contribution is -0.124. The Balaban J connectivity index is 1.23. The molecule has 7 nitrogen and oxygen atoms in total. The van der Waals surface area contributed by atoms with Crippen LogP contribution in [0.4, 0.5) is 4.53 Å². The van der Waals surface area contributed by atoms with Gasteiger partial charge in [-0.2, -0.15) is 0 Å². The summed E-state index contributed by atoms with van der Waals surface area (Å²) in [6.07, 6.45) is 4.25. The predicted molar refractivity (Wildman–Crippen MR) is 128 cm³/mol. The Morgan fingerprint density at radius 2 is 1.91 bits per heavy atom. The number of hydrogen-bond acceptors (Lipinski definition) is 5. The maximum atomic E-state index is 13.0. The molecule has 0 saturated carbocycles. The number of amides is 1. The molecule has 1 fully saturated rings. The van der Waals surface area contributed by atoms with Gasteiger partial charge in [-0.25, -0.2) is 12.7 Å². The summed E-state index contributed by atoms with van der Waals surface area (Å²) < 4.78 is 40.0. The zero-order valence-electron chi connectivity index (χ0n) is 18.9. The van der Waals surface area contributed by atoms with E-state index >= 15 is 0 Å². The Bertz CT molecular complexity index is 1310. The molecule has 2 aromatic rings. The topological polar surface area (TPSA) is 88.1 Å². The van der Waals surface area contributed by atoms with Crippen LogP contribution in [0.15, 0.2) is 53.5 Å². The molecule has 5 rings (SSSR count). The SMILES string of the molecule is Cc1cc(C2=CC2)ccc1CCS(=O)(=O)N1CCC2(CC1)N=C(c1cccc(OF)c1)NC2=O. The van der Waals surface area contributed by atoms with Gasteiger partial charge in [-0.1, -0.05) is 36.4 Å². The second kappa shape index (κ2) is 8.63. The molecule has 1 saturated heterocycles.